The lowest BCUT2D eigenvalue weighted by Crippen LogP contribution is -2.00. The van der Waals surface area contributed by atoms with Gasteiger partial charge in [0.25, 0.3) is 0 Å². The van der Waals surface area contributed by atoms with Gasteiger partial charge in [-0.25, -0.2) is 0 Å². The molecule has 0 aromatic carbocycles. The van der Waals surface area contributed by atoms with E-state index < -0.39 is 0 Å². The molecule has 76 valence electrons. The van der Waals surface area contributed by atoms with Gasteiger partial charge in [0.2, 0.25) is 0 Å². The minimum atomic E-state index is 0.493. The molecule has 1 aliphatic rings. The fraction of sp³-hybridized carbons (Fsp3) is 0.385. The Morgan fingerprint density at radius 1 is 1.43 bits per heavy atom. The van der Waals surface area contributed by atoms with Crippen LogP contribution in [0.4, 0.5) is 0 Å². The third-order valence-corrected chi connectivity index (χ3v) is 3.69. The van der Waals surface area contributed by atoms with Crippen molar-refractivity contribution in [1.82, 2.24) is 0 Å². The van der Waals surface area contributed by atoms with E-state index in [4.69, 9.17) is 0 Å². The Balaban J connectivity index is 3.01. The molecule has 0 bridgehead atoms. The third kappa shape index (κ3) is 1.91. The first kappa shape index (κ1) is 11.5. The number of allylic oxidation sites excluding steroid dienone is 6. The minimum Gasteiger partial charge on any atom is -0.0958 e. The Kier molecular flexibility index (Phi) is 3.50. The first-order valence-corrected chi connectivity index (χ1v) is 6.44. The lowest BCUT2D eigenvalue weighted by atomic mass is 9.93. The van der Waals surface area contributed by atoms with Gasteiger partial charge in [-0.3, -0.25) is 0 Å². The molecular formula is C13H19P. The Bertz CT molecular complexity index is 342. The summed E-state index contributed by atoms with van der Waals surface area (Å²) in [6, 6.07) is 0. The Morgan fingerprint density at radius 3 is 2.36 bits per heavy atom. The largest absolute Gasteiger partial charge is 0.0958 e. The van der Waals surface area contributed by atoms with E-state index in [1.165, 1.54) is 27.6 Å². The van der Waals surface area contributed by atoms with Gasteiger partial charge in [-0.1, -0.05) is 40.3 Å². The molecule has 1 heteroatoms. The van der Waals surface area contributed by atoms with Crippen molar-refractivity contribution in [2.24, 2.45) is 5.92 Å². The van der Waals surface area contributed by atoms with E-state index in [0.717, 1.165) is 8.58 Å². The zero-order chi connectivity index (χ0) is 10.9. The maximum absolute atomic E-state index is 4.14. The van der Waals surface area contributed by atoms with Crippen molar-refractivity contribution in [1.29, 1.82) is 0 Å². The van der Waals surface area contributed by atoms with Gasteiger partial charge in [-0.05, 0) is 42.5 Å². The molecule has 0 aromatic rings. The normalized spacial score (nSPS) is 22.0. The van der Waals surface area contributed by atoms with Gasteiger partial charge in [0.1, 0.15) is 0 Å². The second kappa shape index (κ2) is 4.28. The van der Waals surface area contributed by atoms with Crippen molar-refractivity contribution < 1.29 is 0 Å². The van der Waals surface area contributed by atoms with E-state index in [0.29, 0.717) is 5.92 Å². The van der Waals surface area contributed by atoms with Gasteiger partial charge < -0.3 is 0 Å². The van der Waals surface area contributed by atoms with Gasteiger partial charge in [0.15, 0.2) is 0 Å². The van der Waals surface area contributed by atoms with Crippen LogP contribution in [0.3, 0.4) is 0 Å². The fourth-order valence-corrected chi connectivity index (χ4v) is 2.74. The molecule has 0 aliphatic heterocycles. The SMILES string of the molecule is C=C(C)C1=CC(C)=C(C(=C)PC)C1C. The molecule has 0 saturated heterocycles. The molecule has 0 nitrogen and oxygen atoms in total. The Labute approximate surface area is 89.3 Å². The molecule has 0 fully saturated rings. The summed E-state index contributed by atoms with van der Waals surface area (Å²) in [5, 5.41) is 1.29. The molecule has 1 aliphatic carbocycles. The molecule has 0 spiro atoms. The quantitative estimate of drug-likeness (QED) is 0.605. The van der Waals surface area contributed by atoms with Crippen molar-refractivity contribution in [3.8, 4) is 0 Å². The van der Waals surface area contributed by atoms with Gasteiger partial charge in [0.05, 0.1) is 0 Å². The second-order valence-electron chi connectivity index (χ2n) is 3.93. The maximum atomic E-state index is 4.14. The summed E-state index contributed by atoms with van der Waals surface area (Å²) in [5.41, 5.74) is 5.36. The molecule has 0 heterocycles. The molecule has 1 rings (SSSR count). The van der Waals surface area contributed by atoms with E-state index in [9.17, 15) is 0 Å². The van der Waals surface area contributed by atoms with Gasteiger partial charge in [-0.15, -0.1) is 0 Å². The fourth-order valence-electron chi connectivity index (χ4n) is 2.06. The lowest BCUT2D eigenvalue weighted by molar-refractivity contribution is 0.846. The molecule has 0 amide bonds. The van der Waals surface area contributed by atoms with Crippen LogP contribution in [0, 0.1) is 5.92 Å². The van der Waals surface area contributed by atoms with E-state index in [1.54, 1.807) is 0 Å². The van der Waals surface area contributed by atoms with E-state index in [1.807, 2.05) is 0 Å². The maximum Gasteiger partial charge on any atom is 0.00721 e. The molecule has 0 aromatic heterocycles. The predicted octanol–water partition coefficient (Wildman–Crippen LogP) is 4.28. The van der Waals surface area contributed by atoms with Crippen molar-refractivity contribution in [3.63, 3.8) is 0 Å². The summed E-state index contributed by atoms with van der Waals surface area (Å²) in [7, 11) is 0.805. The van der Waals surface area contributed by atoms with E-state index >= 15 is 0 Å². The molecule has 2 unspecified atom stereocenters. The average Bonchev–Trinajstić information content (AvgIpc) is 2.41. The zero-order valence-electron chi connectivity index (χ0n) is 9.57. The van der Waals surface area contributed by atoms with E-state index in [2.05, 4.69) is 46.7 Å². The van der Waals surface area contributed by atoms with Gasteiger partial charge in [-0.2, -0.15) is 0 Å². The molecular weight excluding hydrogens is 187 g/mol. The van der Waals surface area contributed by atoms with Crippen LogP contribution in [0.2, 0.25) is 0 Å². The first-order valence-electron chi connectivity index (χ1n) is 4.94. The standard InChI is InChI=1S/C13H19P/c1-8(2)12-7-9(3)13(10(12)4)11(5)14-6/h7,10,14H,1,5H2,2-4,6H3. The van der Waals surface area contributed by atoms with Crippen molar-refractivity contribution >= 4 is 8.58 Å². The number of rotatable bonds is 3. The molecule has 0 N–H and O–H groups in total. The lowest BCUT2D eigenvalue weighted by Gasteiger charge is -2.16. The summed E-state index contributed by atoms with van der Waals surface area (Å²) < 4.78 is 0. The summed E-state index contributed by atoms with van der Waals surface area (Å²) in [5.74, 6) is 0.493. The average molecular weight is 206 g/mol. The zero-order valence-corrected chi connectivity index (χ0v) is 10.6. The first-order chi connectivity index (χ1) is 6.49. The van der Waals surface area contributed by atoms with Crippen LogP contribution in [0.15, 0.2) is 46.8 Å². The predicted molar refractivity (Wildman–Crippen MR) is 68.1 cm³/mol. The van der Waals surface area contributed by atoms with Crippen LogP contribution in [0.25, 0.3) is 0 Å². The van der Waals surface area contributed by atoms with Crippen LogP contribution in [0.5, 0.6) is 0 Å². The highest BCUT2D eigenvalue weighted by molar-refractivity contribution is 7.42. The number of hydrogen-bond acceptors (Lipinski definition) is 0. The van der Waals surface area contributed by atoms with Crippen LogP contribution in [-0.2, 0) is 0 Å². The molecule has 14 heavy (non-hydrogen) atoms. The van der Waals surface area contributed by atoms with Crippen LogP contribution in [0.1, 0.15) is 20.8 Å². The molecule has 0 saturated carbocycles. The van der Waals surface area contributed by atoms with Crippen LogP contribution in [-0.4, -0.2) is 6.66 Å². The molecule has 0 radical (unpaired) electrons. The van der Waals surface area contributed by atoms with Crippen LogP contribution >= 0.6 is 8.58 Å². The highest BCUT2D eigenvalue weighted by Crippen LogP contribution is 2.42. The number of hydrogen-bond donors (Lipinski definition) is 0. The minimum absolute atomic E-state index is 0.493. The van der Waals surface area contributed by atoms with Gasteiger partial charge in [0, 0.05) is 5.92 Å². The van der Waals surface area contributed by atoms with Crippen molar-refractivity contribution in [2.75, 3.05) is 6.66 Å². The summed E-state index contributed by atoms with van der Waals surface area (Å²) in [6.07, 6.45) is 2.26. The van der Waals surface area contributed by atoms with Crippen molar-refractivity contribution in [2.45, 2.75) is 20.8 Å². The van der Waals surface area contributed by atoms with Crippen molar-refractivity contribution in [3.05, 3.63) is 46.8 Å². The highest BCUT2D eigenvalue weighted by atomic mass is 31.1. The second-order valence-corrected chi connectivity index (χ2v) is 5.03. The summed E-state index contributed by atoms with van der Waals surface area (Å²) in [4.78, 5) is 0. The Morgan fingerprint density at radius 2 is 2.00 bits per heavy atom. The third-order valence-electron chi connectivity index (χ3n) is 2.82. The van der Waals surface area contributed by atoms with E-state index in [-0.39, 0.29) is 0 Å². The smallest absolute Gasteiger partial charge is 0.00721 e. The van der Waals surface area contributed by atoms with Gasteiger partial charge >= 0.3 is 0 Å². The Hall–Kier alpha value is -0.610. The summed E-state index contributed by atoms with van der Waals surface area (Å²) in [6.45, 7) is 16.8. The molecule has 2 atom stereocenters. The highest BCUT2D eigenvalue weighted by Gasteiger charge is 2.23. The topological polar surface area (TPSA) is 0 Å². The van der Waals surface area contributed by atoms with Crippen LogP contribution < -0.4 is 0 Å². The summed E-state index contributed by atoms with van der Waals surface area (Å²) >= 11 is 0. The monoisotopic (exact) mass is 206 g/mol.